The number of likely N-dealkylation sites (N-methyl/N-ethyl adjacent to an activating group) is 1. The van der Waals surface area contributed by atoms with Crippen LogP contribution in [0.15, 0.2) is 6.20 Å². The van der Waals surface area contributed by atoms with E-state index in [4.69, 9.17) is 16.3 Å². The number of halogens is 1. The number of alkyl halides is 1. The van der Waals surface area contributed by atoms with Crippen LogP contribution in [0, 0.1) is 0 Å². The van der Waals surface area contributed by atoms with E-state index in [9.17, 15) is 0 Å². The Bertz CT molecular complexity index is 425. The molecular weight excluding hydrogens is 262 g/mol. The van der Waals surface area contributed by atoms with Crippen LogP contribution in [-0.2, 0) is 10.6 Å². The summed E-state index contributed by atoms with van der Waals surface area (Å²) in [5, 5.41) is 0. The van der Waals surface area contributed by atoms with Gasteiger partial charge in [0.2, 0.25) is 0 Å². The smallest absolute Gasteiger partial charge is 0.158 e. The molecule has 0 radical (unpaired) electrons. The number of morpholine rings is 1. The molecule has 0 amide bonds. The van der Waals surface area contributed by atoms with Gasteiger partial charge in [0, 0.05) is 24.8 Å². The van der Waals surface area contributed by atoms with Crippen LogP contribution >= 0.6 is 11.6 Å². The molecule has 1 unspecified atom stereocenters. The molecule has 5 heteroatoms. The molecule has 1 saturated heterocycles. The van der Waals surface area contributed by atoms with Crippen LogP contribution in [0.5, 0.6) is 0 Å². The van der Waals surface area contributed by atoms with Gasteiger partial charge < -0.3 is 4.74 Å². The molecule has 1 aliphatic heterocycles. The van der Waals surface area contributed by atoms with Crippen molar-refractivity contribution in [1.29, 1.82) is 0 Å². The maximum absolute atomic E-state index is 5.94. The highest BCUT2D eigenvalue weighted by atomic mass is 35.5. The van der Waals surface area contributed by atoms with Crippen LogP contribution in [-0.4, -0.2) is 41.1 Å². The van der Waals surface area contributed by atoms with Gasteiger partial charge in [-0.3, -0.25) is 4.90 Å². The van der Waals surface area contributed by atoms with Gasteiger partial charge in [-0.05, 0) is 12.5 Å². The first kappa shape index (κ1) is 14.7. The van der Waals surface area contributed by atoms with Crippen LogP contribution in [0.25, 0.3) is 0 Å². The van der Waals surface area contributed by atoms with E-state index in [2.05, 4.69) is 35.6 Å². The van der Waals surface area contributed by atoms with E-state index < -0.39 is 0 Å². The number of hydrogen-bond donors (Lipinski definition) is 0. The minimum atomic E-state index is -0.0180. The minimum Gasteiger partial charge on any atom is -0.368 e. The number of hydrogen-bond acceptors (Lipinski definition) is 4. The molecule has 0 N–H and O–H groups in total. The molecule has 1 aliphatic rings. The Morgan fingerprint density at radius 2 is 2.32 bits per heavy atom. The van der Waals surface area contributed by atoms with E-state index in [-0.39, 0.29) is 6.10 Å². The summed E-state index contributed by atoms with van der Waals surface area (Å²) in [7, 11) is 0. The Hall–Kier alpha value is -0.710. The molecule has 0 bridgehead atoms. The SMILES string of the molecule is CCN1CCOC(c2ncc(CCl)c(C(C)C)n2)C1. The van der Waals surface area contributed by atoms with Crippen molar-refractivity contribution < 1.29 is 4.74 Å². The van der Waals surface area contributed by atoms with Gasteiger partial charge in [-0.25, -0.2) is 9.97 Å². The fraction of sp³-hybridized carbons (Fsp3) is 0.714. The Balaban J connectivity index is 2.22. The third-order valence-electron chi connectivity index (χ3n) is 3.49. The molecule has 0 saturated carbocycles. The van der Waals surface area contributed by atoms with Crippen molar-refractivity contribution in [2.24, 2.45) is 0 Å². The maximum Gasteiger partial charge on any atom is 0.158 e. The van der Waals surface area contributed by atoms with Crippen molar-refractivity contribution in [2.45, 2.75) is 38.7 Å². The van der Waals surface area contributed by atoms with Gasteiger partial charge >= 0.3 is 0 Å². The van der Waals surface area contributed by atoms with E-state index in [0.29, 0.717) is 11.8 Å². The molecule has 1 aromatic rings. The molecule has 106 valence electrons. The lowest BCUT2D eigenvalue weighted by molar-refractivity contribution is -0.0327. The topological polar surface area (TPSA) is 38.2 Å². The zero-order valence-corrected chi connectivity index (χ0v) is 12.7. The van der Waals surface area contributed by atoms with Crippen molar-refractivity contribution in [3.63, 3.8) is 0 Å². The van der Waals surface area contributed by atoms with E-state index in [1.165, 1.54) is 0 Å². The standard InChI is InChI=1S/C14H22ClN3O/c1-4-18-5-6-19-12(9-18)14-16-8-11(7-15)13(17-14)10(2)3/h8,10,12H,4-7,9H2,1-3H3. The van der Waals surface area contributed by atoms with Gasteiger partial charge in [0.15, 0.2) is 5.82 Å². The van der Waals surface area contributed by atoms with Gasteiger partial charge in [0.25, 0.3) is 0 Å². The fourth-order valence-corrected chi connectivity index (χ4v) is 2.54. The van der Waals surface area contributed by atoms with Crippen LogP contribution < -0.4 is 0 Å². The molecule has 2 rings (SSSR count). The predicted octanol–water partition coefficient (Wildman–Crippen LogP) is 2.73. The predicted molar refractivity (Wildman–Crippen MR) is 76.5 cm³/mol. The maximum atomic E-state index is 5.94. The summed E-state index contributed by atoms with van der Waals surface area (Å²) in [6, 6.07) is 0. The van der Waals surface area contributed by atoms with Crippen molar-refractivity contribution in [3.05, 3.63) is 23.3 Å². The molecule has 2 heterocycles. The van der Waals surface area contributed by atoms with Crippen molar-refractivity contribution in [2.75, 3.05) is 26.2 Å². The summed E-state index contributed by atoms with van der Waals surface area (Å²) in [4.78, 5) is 11.5. The molecule has 4 nitrogen and oxygen atoms in total. The van der Waals surface area contributed by atoms with Crippen LogP contribution in [0.3, 0.4) is 0 Å². The van der Waals surface area contributed by atoms with E-state index in [1.807, 2.05) is 6.20 Å². The second-order valence-corrected chi connectivity index (χ2v) is 5.45. The lowest BCUT2D eigenvalue weighted by Gasteiger charge is -2.31. The molecular formula is C14H22ClN3O. The first-order valence-electron chi connectivity index (χ1n) is 6.91. The first-order chi connectivity index (χ1) is 9.15. The third-order valence-corrected chi connectivity index (χ3v) is 3.78. The van der Waals surface area contributed by atoms with E-state index in [0.717, 1.165) is 43.3 Å². The monoisotopic (exact) mass is 283 g/mol. The second-order valence-electron chi connectivity index (χ2n) is 5.18. The zero-order valence-electron chi connectivity index (χ0n) is 11.9. The van der Waals surface area contributed by atoms with E-state index >= 15 is 0 Å². The van der Waals surface area contributed by atoms with Crippen molar-refractivity contribution in [3.8, 4) is 0 Å². The minimum absolute atomic E-state index is 0.0180. The van der Waals surface area contributed by atoms with Gasteiger partial charge in [0.05, 0.1) is 18.2 Å². The average molecular weight is 284 g/mol. The number of rotatable bonds is 4. The summed E-state index contributed by atoms with van der Waals surface area (Å²) in [6.07, 6.45) is 1.83. The summed E-state index contributed by atoms with van der Waals surface area (Å²) in [6.45, 7) is 10.1. The van der Waals surface area contributed by atoms with Gasteiger partial charge in [-0.15, -0.1) is 11.6 Å². The molecule has 1 fully saturated rings. The Labute approximate surface area is 120 Å². The van der Waals surface area contributed by atoms with Gasteiger partial charge in [-0.1, -0.05) is 20.8 Å². The van der Waals surface area contributed by atoms with Gasteiger partial charge in [0.1, 0.15) is 6.10 Å². The van der Waals surface area contributed by atoms with Crippen molar-refractivity contribution in [1.82, 2.24) is 14.9 Å². The Kier molecular flexibility index (Phi) is 5.13. The van der Waals surface area contributed by atoms with Gasteiger partial charge in [-0.2, -0.15) is 0 Å². The van der Waals surface area contributed by atoms with Crippen LogP contribution in [0.1, 0.15) is 49.9 Å². The van der Waals surface area contributed by atoms with Crippen LogP contribution in [0.4, 0.5) is 0 Å². The number of nitrogens with zero attached hydrogens (tertiary/aromatic N) is 3. The highest BCUT2D eigenvalue weighted by Crippen LogP contribution is 2.23. The lowest BCUT2D eigenvalue weighted by atomic mass is 10.1. The fourth-order valence-electron chi connectivity index (χ4n) is 2.34. The molecule has 1 aromatic heterocycles. The van der Waals surface area contributed by atoms with Crippen LogP contribution in [0.2, 0.25) is 0 Å². The summed E-state index contributed by atoms with van der Waals surface area (Å²) >= 11 is 5.94. The molecule has 19 heavy (non-hydrogen) atoms. The molecule has 0 aromatic carbocycles. The first-order valence-corrected chi connectivity index (χ1v) is 7.44. The largest absolute Gasteiger partial charge is 0.368 e. The highest BCUT2D eigenvalue weighted by Gasteiger charge is 2.24. The molecule has 1 atom stereocenters. The van der Waals surface area contributed by atoms with E-state index in [1.54, 1.807) is 0 Å². The Morgan fingerprint density at radius 1 is 1.53 bits per heavy atom. The summed E-state index contributed by atoms with van der Waals surface area (Å²) in [5.74, 6) is 1.59. The third kappa shape index (κ3) is 3.44. The zero-order chi connectivity index (χ0) is 13.8. The summed E-state index contributed by atoms with van der Waals surface area (Å²) in [5.41, 5.74) is 2.06. The number of aromatic nitrogens is 2. The highest BCUT2D eigenvalue weighted by molar-refractivity contribution is 6.17. The number of ether oxygens (including phenoxy) is 1. The quantitative estimate of drug-likeness (QED) is 0.797. The molecule has 0 spiro atoms. The van der Waals surface area contributed by atoms with Crippen molar-refractivity contribution >= 4 is 11.6 Å². The molecule has 0 aliphatic carbocycles. The Morgan fingerprint density at radius 3 is 2.95 bits per heavy atom. The second kappa shape index (κ2) is 6.64. The summed E-state index contributed by atoms with van der Waals surface area (Å²) < 4.78 is 5.80. The average Bonchev–Trinajstić information content (AvgIpc) is 2.46. The lowest BCUT2D eigenvalue weighted by Crippen LogP contribution is -2.38. The normalized spacial score (nSPS) is 21.0.